The van der Waals surface area contributed by atoms with Crippen LogP contribution < -0.4 is 5.73 Å². The minimum atomic E-state index is 0.554. The zero-order valence-corrected chi connectivity index (χ0v) is 11.5. The molecule has 0 saturated carbocycles. The van der Waals surface area contributed by atoms with Crippen LogP contribution in [-0.4, -0.2) is 10.1 Å². The molecule has 5 heteroatoms. The van der Waals surface area contributed by atoms with Gasteiger partial charge in [-0.3, -0.25) is 0 Å². The van der Waals surface area contributed by atoms with Gasteiger partial charge < -0.3 is 10.3 Å². The third kappa shape index (κ3) is 2.24. The van der Waals surface area contributed by atoms with Crippen LogP contribution in [0.2, 0.25) is 0 Å². The standard InChI is InChI=1S/C14H13N3OS/c1-8-6-12(19-9(8)2)14-16-13(17-18-14)10-4-3-5-11(15)7-10/h3-7H,15H2,1-2H3. The second-order valence-electron chi connectivity index (χ2n) is 4.40. The first kappa shape index (κ1) is 11.9. The summed E-state index contributed by atoms with van der Waals surface area (Å²) in [5.41, 5.74) is 8.54. The highest BCUT2D eigenvalue weighted by molar-refractivity contribution is 7.15. The Balaban J connectivity index is 1.99. The van der Waals surface area contributed by atoms with Crippen molar-refractivity contribution in [2.75, 3.05) is 5.73 Å². The van der Waals surface area contributed by atoms with Crippen LogP contribution in [0.4, 0.5) is 5.69 Å². The molecular weight excluding hydrogens is 258 g/mol. The first-order valence-electron chi connectivity index (χ1n) is 5.90. The van der Waals surface area contributed by atoms with E-state index < -0.39 is 0 Å². The number of hydrogen-bond acceptors (Lipinski definition) is 5. The lowest BCUT2D eigenvalue weighted by atomic mass is 10.2. The Morgan fingerprint density at radius 2 is 2.05 bits per heavy atom. The van der Waals surface area contributed by atoms with Crippen LogP contribution in [0.25, 0.3) is 22.2 Å². The van der Waals surface area contributed by atoms with Crippen LogP contribution in [0, 0.1) is 13.8 Å². The highest BCUT2D eigenvalue weighted by Crippen LogP contribution is 2.30. The Labute approximate surface area is 114 Å². The lowest BCUT2D eigenvalue weighted by Crippen LogP contribution is -1.86. The maximum Gasteiger partial charge on any atom is 0.268 e. The number of anilines is 1. The predicted molar refractivity (Wildman–Crippen MR) is 76.9 cm³/mol. The number of benzene rings is 1. The van der Waals surface area contributed by atoms with E-state index in [0.717, 1.165) is 10.4 Å². The van der Waals surface area contributed by atoms with E-state index in [1.54, 1.807) is 11.3 Å². The van der Waals surface area contributed by atoms with Crippen molar-refractivity contribution in [1.29, 1.82) is 0 Å². The quantitative estimate of drug-likeness (QED) is 0.722. The largest absolute Gasteiger partial charge is 0.399 e. The maximum absolute atomic E-state index is 5.75. The average Bonchev–Trinajstić information content (AvgIpc) is 2.97. The van der Waals surface area contributed by atoms with Gasteiger partial charge in [-0.15, -0.1) is 11.3 Å². The topological polar surface area (TPSA) is 64.9 Å². The summed E-state index contributed by atoms with van der Waals surface area (Å²) in [7, 11) is 0. The molecule has 0 atom stereocenters. The second kappa shape index (κ2) is 4.51. The molecule has 0 bridgehead atoms. The summed E-state index contributed by atoms with van der Waals surface area (Å²) in [6, 6.07) is 9.52. The highest BCUT2D eigenvalue weighted by atomic mass is 32.1. The molecule has 0 radical (unpaired) electrons. The van der Waals surface area contributed by atoms with Gasteiger partial charge in [0, 0.05) is 16.1 Å². The average molecular weight is 271 g/mol. The summed E-state index contributed by atoms with van der Waals surface area (Å²) >= 11 is 1.66. The van der Waals surface area contributed by atoms with Gasteiger partial charge in [0.15, 0.2) is 0 Å². The molecule has 0 saturated heterocycles. The molecule has 3 rings (SSSR count). The van der Waals surface area contributed by atoms with E-state index in [-0.39, 0.29) is 0 Å². The van der Waals surface area contributed by atoms with Crippen LogP contribution in [0.1, 0.15) is 10.4 Å². The number of nitrogens with two attached hydrogens (primary N) is 1. The normalized spacial score (nSPS) is 10.8. The number of thiophene rings is 1. The summed E-state index contributed by atoms with van der Waals surface area (Å²) in [6.07, 6.45) is 0. The Morgan fingerprint density at radius 1 is 1.21 bits per heavy atom. The van der Waals surface area contributed by atoms with Gasteiger partial charge in [0.1, 0.15) is 0 Å². The van der Waals surface area contributed by atoms with E-state index >= 15 is 0 Å². The van der Waals surface area contributed by atoms with E-state index in [4.69, 9.17) is 10.3 Å². The van der Waals surface area contributed by atoms with Crippen LogP contribution in [0.15, 0.2) is 34.9 Å². The molecule has 2 heterocycles. The van der Waals surface area contributed by atoms with Gasteiger partial charge in [-0.1, -0.05) is 17.3 Å². The molecule has 0 amide bonds. The van der Waals surface area contributed by atoms with Crippen molar-refractivity contribution in [3.63, 3.8) is 0 Å². The van der Waals surface area contributed by atoms with E-state index in [0.29, 0.717) is 17.4 Å². The number of aryl methyl sites for hydroxylation is 2. The number of rotatable bonds is 2. The van der Waals surface area contributed by atoms with Crippen LogP contribution in [0.3, 0.4) is 0 Å². The molecule has 0 aliphatic heterocycles. The van der Waals surface area contributed by atoms with Crippen molar-refractivity contribution in [1.82, 2.24) is 10.1 Å². The van der Waals surface area contributed by atoms with E-state index in [9.17, 15) is 0 Å². The highest BCUT2D eigenvalue weighted by Gasteiger charge is 2.13. The van der Waals surface area contributed by atoms with Crippen molar-refractivity contribution in [3.8, 4) is 22.2 Å². The summed E-state index contributed by atoms with van der Waals surface area (Å²) < 4.78 is 5.32. The summed E-state index contributed by atoms with van der Waals surface area (Å²) in [5.74, 6) is 1.12. The Hall–Kier alpha value is -2.14. The van der Waals surface area contributed by atoms with Crippen LogP contribution in [-0.2, 0) is 0 Å². The third-order valence-electron chi connectivity index (χ3n) is 2.95. The molecule has 0 aliphatic carbocycles. The molecule has 0 fully saturated rings. The molecule has 0 aliphatic rings. The van der Waals surface area contributed by atoms with Gasteiger partial charge >= 0.3 is 0 Å². The Bertz CT molecular complexity index is 710. The molecule has 3 aromatic rings. The Kier molecular flexibility index (Phi) is 2.83. The Morgan fingerprint density at radius 3 is 2.74 bits per heavy atom. The smallest absolute Gasteiger partial charge is 0.268 e. The molecule has 0 unspecified atom stereocenters. The molecule has 0 spiro atoms. The fourth-order valence-electron chi connectivity index (χ4n) is 1.80. The molecule has 4 nitrogen and oxygen atoms in total. The fourth-order valence-corrected chi connectivity index (χ4v) is 2.75. The lowest BCUT2D eigenvalue weighted by Gasteiger charge is -1.95. The van der Waals surface area contributed by atoms with Gasteiger partial charge in [0.25, 0.3) is 5.89 Å². The van der Waals surface area contributed by atoms with Gasteiger partial charge in [-0.25, -0.2) is 0 Å². The summed E-state index contributed by atoms with van der Waals surface area (Å²) in [6.45, 7) is 4.16. The second-order valence-corrected chi connectivity index (χ2v) is 5.65. The van der Waals surface area contributed by atoms with Gasteiger partial charge in [-0.05, 0) is 37.6 Å². The number of nitrogens with zero attached hydrogens (tertiary/aromatic N) is 2. The summed E-state index contributed by atoms with van der Waals surface area (Å²) in [5, 5.41) is 4.01. The monoisotopic (exact) mass is 271 g/mol. The van der Waals surface area contributed by atoms with Crippen molar-refractivity contribution in [2.24, 2.45) is 0 Å². The van der Waals surface area contributed by atoms with Crippen LogP contribution >= 0.6 is 11.3 Å². The van der Waals surface area contributed by atoms with Crippen molar-refractivity contribution >= 4 is 17.0 Å². The molecule has 1 aromatic carbocycles. The number of hydrogen-bond donors (Lipinski definition) is 1. The van der Waals surface area contributed by atoms with E-state index in [1.165, 1.54) is 10.4 Å². The van der Waals surface area contributed by atoms with Crippen molar-refractivity contribution in [2.45, 2.75) is 13.8 Å². The lowest BCUT2D eigenvalue weighted by molar-refractivity contribution is 0.433. The van der Waals surface area contributed by atoms with Crippen LogP contribution in [0.5, 0.6) is 0 Å². The first-order chi connectivity index (χ1) is 9.13. The first-order valence-corrected chi connectivity index (χ1v) is 6.72. The minimum Gasteiger partial charge on any atom is -0.399 e. The minimum absolute atomic E-state index is 0.554. The third-order valence-corrected chi connectivity index (χ3v) is 4.09. The van der Waals surface area contributed by atoms with E-state index in [2.05, 4.69) is 30.1 Å². The number of nitrogen functional groups attached to an aromatic ring is 1. The molecule has 19 heavy (non-hydrogen) atoms. The van der Waals surface area contributed by atoms with Gasteiger partial charge in [0.2, 0.25) is 5.82 Å². The maximum atomic E-state index is 5.75. The van der Waals surface area contributed by atoms with Crippen molar-refractivity contribution < 1.29 is 4.52 Å². The zero-order valence-electron chi connectivity index (χ0n) is 10.7. The van der Waals surface area contributed by atoms with Crippen molar-refractivity contribution in [3.05, 3.63) is 40.8 Å². The molecular formula is C14H13N3OS. The SMILES string of the molecule is Cc1cc(-c2nc(-c3cccc(N)c3)no2)sc1C. The predicted octanol–water partition coefficient (Wildman–Crippen LogP) is 3.66. The molecule has 2 aromatic heterocycles. The number of aromatic nitrogens is 2. The van der Waals surface area contributed by atoms with Gasteiger partial charge in [0.05, 0.1) is 4.88 Å². The molecule has 2 N–H and O–H groups in total. The summed E-state index contributed by atoms with van der Waals surface area (Å²) in [4.78, 5) is 6.68. The van der Waals surface area contributed by atoms with Gasteiger partial charge in [-0.2, -0.15) is 4.98 Å². The zero-order chi connectivity index (χ0) is 13.4. The van der Waals surface area contributed by atoms with E-state index in [1.807, 2.05) is 24.3 Å². The molecule has 96 valence electrons. The fraction of sp³-hybridized carbons (Fsp3) is 0.143.